The normalized spacial score (nSPS) is 24.0. The number of nitrogens with one attached hydrogen (secondary N) is 2. The van der Waals surface area contributed by atoms with Crippen molar-refractivity contribution in [2.45, 2.75) is 44.9 Å². The summed E-state index contributed by atoms with van der Waals surface area (Å²) in [4.78, 5) is 37.1. The summed E-state index contributed by atoms with van der Waals surface area (Å²) in [6.07, 6.45) is 20.6. The molecule has 0 fully saturated rings. The van der Waals surface area contributed by atoms with Crippen molar-refractivity contribution in [1.29, 1.82) is 0 Å². The van der Waals surface area contributed by atoms with Gasteiger partial charge in [-0.1, -0.05) is 43.2 Å². The van der Waals surface area contributed by atoms with E-state index >= 15 is 0 Å². The van der Waals surface area contributed by atoms with Gasteiger partial charge in [0.15, 0.2) is 0 Å². The Labute approximate surface area is 161 Å². The van der Waals surface area contributed by atoms with Crippen LogP contribution in [0.15, 0.2) is 59.5 Å². The Balaban J connectivity index is 2.16. The average Bonchev–Trinajstić information content (AvgIpc) is 2.64. The first-order chi connectivity index (χ1) is 13.1. The maximum Gasteiger partial charge on any atom is 0.248 e. The predicted octanol–water partition coefficient (Wildman–Crippen LogP) is 3.23. The van der Waals surface area contributed by atoms with Gasteiger partial charge in [-0.15, -0.1) is 0 Å². The van der Waals surface area contributed by atoms with E-state index in [4.69, 9.17) is 0 Å². The predicted molar refractivity (Wildman–Crippen MR) is 106 cm³/mol. The minimum atomic E-state index is -0.430. The number of carbonyl (C=O) groups is 3. The van der Waals surface area contributed by atoms with Crippen molar-refractivity contribution in [1.82, 2.24) is 10.6 Å². The molecule has 0 saturated heterocycles. The number of hydrogen-bond acceptors (Lipinski definition) is 4. The van der Waals surface area contributed by atoms with Gasteiger partial charge < -0.3 is 10.6 Å². The molecule has 1 radical (unpaired) electrons. The molecule has 2 bridgehead atoms. The van der Waals surface area contributed by atoms with E-state index in [2.05, 4.69) is 29.2 Å². The van der Waals surface area contributed by atoms with Gasteiger partial charge in [0, 0.05) is 24.8 Å². The summed E-state index contributed by atoms with van der Waals surface area (Å²) in [5.41, 5.74) is 0.834. The summed E-state index contributed by atoms with van der Waals surface area (Å²) in [7, 11) is 1.64. The van der Waals surface area contributed by atoms with Crippen LogP contribution in [0.25, 0.3) is 0 Å². The van der Waals surface area contributed by atoms with E-state index in [0.717, 1.165) is 38.5 Å². The van der Waals surface area contributed by atoms with Crippen LogP contribution in [0.5, 0.6) is 0 Å². The SMILES string of the molecule is CNC1=C2CCCCCC/C=C\[CH]C/C=C\C=C/C(=O)NC(=CC1=O)C2=O. The summed E-state index contributed by atoms with van der Waals surface area (Å²) in [6, 6.07) is 0. The van der Waals surface area contributed by atoms with Crippen LogP contribution < -0.4 is 10.6 Å². The molecule has 0 saturated carbocycles. The van der Waals surface area contributed by atoms with Crippen LogP contribution in [-0.2, 0) is 14.4 Å². The molecule has 0 unspecified atom stereocenters. The molecule has 2 N–H and O–H groups in total. The van der Waals surface area contributed by atoms with Gasteiger partial charge in [-0.2, -0.15) is 0 Å². The zero-order valence-corrected chi connectivity index (χ0v) is 15.8. The molecule has 1 aliphatic heterocycles. The highest BCUT2D eigenvalue weighted by atomic mass is 16.2. The monoisotopic (exact) mass is 367 g/mol. The Hall–Kier alpha value is -2.69. The van der Waals surface area contributed by atoms with Gasteiger partial charge in [0.05, 0.1) is 11.4 Å². The maximum absolute atomic E-state index is 12.7. The van der Waals surface area contributed by atoms with E-state index in [0.29, 0.717) is 17.7 Å². The number of allylic oxidation sites excluding steroid dienone is 7. The van der Waals surface area contributed by atoms with Gasteiger partial charge in [-0.05, 0) is 38.5 Å². The summed E-state index contributed by atoms with van der Waals surface area (Å²) in [6.45, 7) is 0. The molecule has 2 aliphatic rings. The van der Waals surface area contributed by atoms with Crippen molar-refractivity contribution < 1.29 is 14.4 Å². The molecular formula is C22H27N2O3. The molecule has 5 heteroatoms. The van der Waals surface area contributed by atoms with Crippen molar-refractivity contribution >= 4 is 17.5 Å². The third-order valence-electron chi connectivity index (χ3n) is 4.44. The second-order valence-electron chi connectivity index (χ2n) is 6.48. The third-order valence-corrected chi connectivity index (χ3v) is 4.44. The van der Waals surface area contributed by atoms with Crippen molar-refractivity contribution in [2.75, 3.05) is 7.05 Å². The first-order valence-corrected chi connectivity index (χ1v) is 9.47. The number of carbonyl (C=O) groups excluding carboxylic acids is 3. The lowest BCUT2D eigenvalue weighted by Gasteiger charge is -2.19. The zero-order chi connectivity index (χ0) is 19.5. The smallest absolute Gasteiger partial charge is 0.248 e. The van der Waals surface area contributed by atoms with Crippen molar-refractivity contribution in [2.24, 2.45) is 0 Å². The van der Waals surface area contributed by atoms with Crippen LogP contribution in [0.1, 0.15) is 44.9 Å². The molecule has 143 valence electrons. The molecule has 0 spiro atoms. The van der Waals surface area contributed by atoms with Crippen LogP contribution in [0.4, 0.5) is 0 Å². The Bertz CT molecular complexity index is 724. The minimum absolute atomic E-state index is 0.0445. The summed E-state index contributed by atoms with van der Waals surface area (Å²) in [5, 5.41) is 5.38. The Morgan fingerprint density at radius 3 is 2.59 bits per heavy atom. The second kappa shape index (κ2) is 11.1. The molecular weight excluding hydrogens is 340 g/mol. The van der Waals surface area contributed by atoms with Crippen LogP contribution in [0.2, 0.25) is 0 Å². The van der Waals surface area contributed by atoms with Crippen LogP contribution in [0, 0.1) is 6.42 Å². The average molecular weight is 367 g/mol. The molecule has 1 amide bonds. The molecule has 0 atom stereocenters. The topological polar surface area (TPSA) is 75.3 Å². The lowest BCUT2D eigenvalue weighted by molar-refractivity contribution is -0.119. The van der Waals surface area contributed by atoms with Crippen LogP contribution in [-0.4, -0.2) is 24.5 Å². The lowest BCUT2D eigenvalue weighted by atomic mass is 9.92. The number of amides is 1. The van der Waals surface area contributed by atoms with Crippen LogP contribution >= 0.6 is 0 Å². The van der Waals surface area contributed by atoms with E-state index in [1.807, 2.05) is 6.08 Å². The highest BCUT2D eigenvalue weighted by molar-refractivity contribution is 6.23. The molecule has 0 aromatic carbocycles. The van der Waals surface area contributed by atoms with E-state index in [1.165, 1.54) is 12.2 Å². The van der Waals surface area contributed by atoms with Gasteiger partial charge in [0.2, 0.25) is 17.5 Å². The first-order valence-electron chi connectivity index (χ1n) is 9.47. The lowest BCUT2D eigenvalue weighted by Crippen LogP contribution is -2.34. The van der Waals surface area contributed by atoms with E-state index < -0.39 is 5.91 Å². The maximum atomic E-state index is 12.7. The van der Waals surface area contributed by atoms with Gasteiger partial charge in [-0.3, -0.25) is 14.4 Å². The van der Waals surface area contributed by atoms with Gasteiger partial charge in [-0.25, -0.2) is 0 Å². The van der Waals surface area contributed by atoms with Crippen molar-refractivity contribution in [3.8, 4) is 0 Å². The highest BCUT2D eigenvalue weighted by Gasteiger charge is 2.28. The Kier molecular flexibility index (Phi) is 8.49. The molecule has 27 heavy (non-hydrogen) atoms. The molecule has 5 nitrogen and oxygen atoms in total. The summed E-state index contributed by atoms with van der Waals surface area (Å²) >= 11 is 0. The van der Waals surface area contributed by atoms with Crippen molar-refractivity contribution in [3.05, 3.63) is 65.9 Å². The third kappa shape index (κ3) is 6.51. The fourth-order valence-corrected chi connectivity index (χ4v) is 3.04. The van der Waals surface area contributed by atoms with E-state index in [-0.39, 0.29) is 17.3 Å². The number of Topliss-reactive ketones (excluding diaryl/α,β-unsaturated/α-hetero) is 1. The minimum Gasteiger partial charge on any atom is -0.385 e. The van der Waals surface area contributed by atoms with Crippen LogP contribution in [0.3, 0.4) is 0 Å². The Morgan fingerprint density at radius 2 is 1.78 bits per heavy atom. The largest absolute Gasteiger partial charge is 0.385 e. The fourth-order valence-electron chi connectivity index (χ4n) is 3.04. The highest BCUT2D eigenvalue weighted by Crippen LogP contribution is 2.22. The van der Waals surface area contributed by atoms with Crippen molar-refractivity contribution in [3.63, 3.8) is 0 Å². The summed E-state index contributed by atoms with van der Waals surface area (Å²) in [5.74, 6) is -0.995. The van der Waals surface area contributed by atoms with E-state index in [9.17, 15) is 14.4 Å². The number of fused-ring (bicyclic) bond motifs is 2. The Morgan fingerprint density at radius 1 is 0.963 bits per heavy atom. The number of likely N-dealkylation sites (N-methyl/N-ethyl adjacent to an activating group) is 1. The second-order valence-corrected chi connectivity index (χ2v) is 6.48. The van der Waals surface area contributed by atoms with E-state index in [1.54, 1.807) is 19.2 Å². The van der Waals surface area contributed by atoms with Gasteiger partial charge in [0.1, 0.15) is 0 Å². The quantitative estimate of drug-likeness (QED) is 0.698. The number of rotatable bonds is 1. The number of hydrogen-bond donors (Lipinski definition) is 2. The summed E-state index contributed by atoms with van der Waals surface area (Å²) < 4.78 is 0. The zero-order valence-electron chi connectivity index (χ0n) is 15.8. The van der Waals surface area contributed by atoms with Gasteiger partial charge >= 0.3 is 0 Å². The molecule has 0 aromatic heterocycles. The standard InChI is InChI=1S/C22H27N2O3/c1-23-21-17-14-12-10-8-6-4-2-3-5-7-9-11-13-15-20(26)24-18(22(17)27)16-19(21)25/h2-3,5,9,11,13,15-16,23H,4,6-8,10,12,14H2,1H3,(H,24,26)/b3-2-,11-9-,15-13-. The number of ketones is 2. The molecule has 2 rings (SSSR count). The molecule has 1 heterocycles. The fraction of sp³-hybridized carbons (Fsp3) is 0.364. The van der Waals surface area contributed by atoms with Gasteiger partial charge in [0.25, 0.3) is 0 Å². The molecule has 1 aliphatic carbocycles. The molecule has 0 aromatic rings. The first kappa shape index (κ1) is 20.6.